The smallest absolute Gasteiger partial charge is 0.00506 e. The van der Waals surface area contributed by atoms with Gasteiger partial charge in [0.1, 0.15) is 0 Å². The molecule has 7 nitrogen and oxygen atoms in total. The molecule has 0 saturated carbocycles. The van der Waals surface area contributed by atoms with E-state index in [2.05, 4.69) is 38.9 Å². The molecule has 1 aliphatic carbocycles. The second-order valence-electron chi connectivity index (χ2n) is 2.93. The Kier molecular flexibility index (Phi) is 133. The average Bonchev–Trinajstić information content (AvgIpc) is 3.24. The van der Waals surface area contributed by atoms with E-state index >= 15 is 0 Å². The van der Waals surface area contributed by atoms with Crippen molar-refractivity contribution >= 4 is 29.6 Å². The number of ether oxygens (including phenoxy) is 4. The molecule has 0 spiro atoms. The fourth-order valence-electron chi connectivity index (χ4n) is 0.654. The van der Waals surface area contributed by atoms with Gasteiger partial charge < -0.3 is 18.9 Å². The molecule has 0 heterocycles. The van der Waals surface area contributed by atoms with Crippen LogP contribution in [0.1, 0.15) is 0 Å². The predicted octanol–water partition coefficient (Wildman–Crippen LogP) is 1.38. The summed E-state index contributed by atoms with van der Waals surface area (Å²) in [6.45, 7) is 16.3. The molecule has 0 atom stereocenters. The van der Waals surface area contributed by atoms with Gasteiger partial charge in [-0.05, 0) is 0 Å². The third-order valence-corrected chi connectivity index (χ3v) is 1.54. The van der Waals surface area contributed by atoms with Gasteiger partial charge >= 0.3 is 33.9 Å². The van der Waals surface area contributed by atoms with Crippen LogP contribution in [0.3, 0.4) is 0 Å². The standard InChI is InChI=1S/C5H5.2C4H10O2.3CO.Na.W/c1-2-4-5-3-1;2*1-5-3-4-6-2;3*1-2;;/h1-5H;2*3-4H2,1-2H3;;;;;. The van der Waals surface area contributed by atoms with E-state index in [-0.39, 0.29) is 50.6 Å². The van der Waals surface area contributed by atoms with Crippen molar-refractivity contribution in [3.05, 3.63) is 50.7 Å². The van der Waals surface area contributed by atoms with Gasteiger partial charge in [0, 0.05) is 85.5 Å². The summed E-state index contributed by atoms with van der Waals surface area (Å²) in [6, 6.07) is 0. The van der Waals surface area contributed by atoms with Crippen LogP contribution in [0.5, 0.6) is 0 Å². The zero-order chi connectivity index (χ0) is 19.2. The molecule has 0 aliphatic heterocycles. The molecule has 1 rings (SSSR count). The van der Waals surface area contributed by atoms with Crippen LogP contribution in [0.25, 0.3) is 0 Å². The first kappa shape index (κ1) is 44.6. The molecule has 0 aromatic rings. The second-order valence-corrected chi connectivity index (χ2v) is 2.93. The summed E-state index contributed by atoms with van der Waals surface area (Å²) in [6.07, 6.45) is 10.0. The molecule has 0 bridgehead atoms. The second kappa shape index (κ2) is 74.7. The van der Waals surface area contributed by atoms with Crippen molar-refractivity contribution in [2.45, 2.75) is 0 Å². The quantitative estimate of drug-likeness (QED) is 0.222. The Hall–Kier alpha value is 0.228. The van der Waals surface area contributed by atoms with Gasteiger partial charge in [0.05, 0.1) is 26.4 Å². The number of hydrogen-bond acceptors (Lipinski definition) is 4. The molecule has 0 saturated heterocycles. The van der Waals surface area contributed by atoms with E-state index < -0.39 is 0 Å². The van der Waals surface area contributed by atoms with Crippen LogP contribution in [-0.2, 0) is 54.0 Å². The molecule has 1 aliphatic rings. The summed E-state index contributed by atoms with van der Waals surface area (Å²) in [5.74, 6) is 0. The maximum atomic E-state index is 7.50. The molecule has 0 N–H and O–H groups in total. The minimum absolute atomic E-state index is 0. The van der Waals surface area contributed by atoms with Crippen LogP contribution < -0.4 is 0 Å². The Morgan fingerprint density at radius 3 is 0.840 bits per heavy atom. The molecule has 2 radical (unpaired) electrons. The van der Waals surface area contributed by atoms with Crippen molar-refractivity contribution in [1.29, 1.82) is 0 Å². The Labute approximate surface area is 188 Å². The van der Waals surface area contributed by atoms with Crippen LogP contribution in [0.2, 0.25) is 0 Å². The summed E-state index contributed by atoms with van der Waals surface area (Å²) in [5, 5.41) is 0. The number of hydrogen-bond donors (Lipinski definition) is 0. The van der Waals surface area contributed by atoms with E-state index in [1.807, 2.05) is 30.7 Å². The van der Waals surface area contributed by atoms with E-state index in [0.717, 1.165) is 0 Å². The summed E-state index contributed by atoms with van der Waals surface area (Å²) in [5.41, 5.74) is 0. The fraction of sp³-hybridized carbons (Fsp3) is 0.500. The average molecular weight is 536 g/mol. The fourth-order valence-corrected chi connectivity index (χ4v) is 0.654. The van der Waals surface area contributed by atoms with Gasteiger partial charge in [-0.25, -0.2) is 0 Å². The van der Waals surface area contributed by atoms with Gasteiger partial charge in [-0.15, -0.1) is 0 Å². The zero-order valence-corrected chi connectivity index (χ0v) is 20.4. The molecule has 0 aromatic heterocycles. The van der Waals surface area contributed by atoms with E-state index in [1.54, 1.807) is 28.4 Å². The van der Waals surface area contributed by atoms with Gasteiger partial charge in [-0.2, -0.15) is 0 Å². The minimum Gasteiger partial charge on any atom is -0.0767 e. The summed E-state index contributed by atoms with van der Waals surface area (Å²) < 4.78 is 41.1. The van der Waals surface area contributed by atoms with Crippen molar-refractivity contribution in [3.63, 3.8) is 0 Å². The van der Waals surface area contributed by atoms with Crippen LogP contribution in [0.4, 0.5) is 0 Å². The number of methoxy groups -OCH3 is 4. The van der Waals surface area contributed by atoms with Crippen molar-refractivity contribution in [1.82, 2.24) is 0 Å². The van der Waals surface area contributed by atoms with Gasteiger partial charge in [-0.3, -0.25) is 0 Å². The monoisotopic (exact) mass is 536 g/mol. The molecule has 0 amide bonds. The van der Waals surface area contributed by atoms with Crippen LogP contribution >= 0.6 is 0 Å². The molecule has 138 valence electrons. The van der Waals surface area contributed by atoms with Crippen LogP contribution in [0.15, 0.2) is 24.3 Å². The first-order chi connectivity index (χ1) is 11.3. The molecular formula is C16H25NaO7W. The van der Waals surface area contributed by atoms with E-state index in [4.69, 9.17) is 14.0 Å². The topological polar surface area (TPSA) is 96.6 Å². The van der Waals surface area contributed by atoms with Gasteiger partial charge in [-0.1, -0.05) is 24.3 Å². The SMILES string of the molecule is COCCOC.COCCOC.[C-]#[O+].[C-]#[O+].[C-]#[O+].[CH]1C=CC=C1.[Na].[W]. The first-order valence-corrected chi connectivity index (χ1v) is 6.07. The molecule has 0 unspecified atom stereocenters. The maximum Gasteiger partial charge on any atom is 0.00506 e. The summed E-state index contributed by atoms with van der Waals surface area (Å²) >= 11 is 0. The third kappa shape index (κ3) is 95.0. The molecule has 25 heavy (non-hydrogen) atoms. The number of allylic oxidation sites excluding steroid dienone is 4. The van der Waals surface area contributed by atoms with E-state index in [1.165, 1.54) is 0 Å². The van der Waals surface area contributed by atoms with Gasteiger partial charge in [0.25, 0.3) is 0 Å². The first-order valence-electron chi connectivity index (χ1n) is 6.07. The minimum atomic E-state index is 0. The van der Waals surface area contributed by atoms with E-state index in [9.17, 15) is 0 Å². The molecule has 0 aromatic carbocycles. The third-order valence-electron chi connectivity index (χ3n) is 1.54. The summed E-state index contributed by atoms with van der Waals surface area (Å²) in [7, 11) is 6.61. The van der Waals surface area contributed by atoms with Gasteiger partial charge in [0.15, 0.2) is 0 Å². The van der Waals surface area contributed by atoms with Crippen molar-refractivity contribution in [2.75, 3.05) is 54.9 Å². The zero-order valence-electron chi connectivity index (χ0n) is 15.5. The Balaban J connectivity index is -0.0000000326. The number of rotatable bonds is 6. The maximum absolute atomic E-state index is 7.50. The normalized spacial score (nSPS) is 8.08. The Morgan fingerprint density at radius 2 is 0.760 bits per heavy atom. The van der Waals surface area contributed by atoms with Crippen molar-refractivity contribution < 1.29 is 54.0 Å². The Morgan fingerprint density at radius 1 is 0.560 bits per heavy atom. The van der Waals surface area contributed by atoms with Gasteiger partial charge in [0.2, 0.25) is 0 Å². The van der Waals surface area contributed by atoms with E-state index in [0.29, 0.717) is 26.4 Å². The van der Waals surface area contributed by atoms with Crippen LogP contribution in [0, 0.1) is 26.4 Å². The van der Waals surface area contributed by atoms with Crippen LogP contribution in [-0.4, -0.2) is 84.4 Å². The predicted molar refractivity (Wildman–Crippen MR) is 87.6 cm³/mol. The molecule has 9 heteroatoms. The van der Waals surface area contributed by atoms with Crippen molar-refractivity contribution in [3.8, 4) is 0 Å². The van der Waals surface area contributed by atoms with Crippen molar-refractivity contribution in [2.24, 2.45) is 0 Å². The summed E-state index contributed by atoms with van der Waals surface area (Å²) in [4.78, 5) is 0. The molecular weight excluding hydrogens is 511 g/mol. The largest absolute Gasteiger partial charge is 0.0767 e. The Bertz CT molecular complexity index is 239. The molecule has 0 fully saturated rings.